The maximum absolute atomic E-state index is 12.5. The van der Waals surface area contributed by atoms with Crippen LogP contribution in [0.3, 0.4) is 0 Å². The molecular formula is C51H56O13. The Bertz CT molecular complexity index is 2180. The fourth-order valence-electron chi connectivity index (χ4n) is 8.20. The van der Waals surface area contributed by atoms with Crippen molar-refractivity contribution in [3.8, 4) is 0 Å². The molecule has 11 atom stereocenters. The molecule has 338 valence electrons. The topological polar surface area (TPSA) is 139 Å². The first-order valence-electron chi connectivity index (χ1n) is 21.6. The summed E-state index contributed by atoms with van der Waals surface area (Å²) in [6, 6.07) is 44.4. The molecule has 0 bridgehead atoms. The molecule has 3 aliphatic heterocycles. The van der Waals surface area contributed by atoms with Gasteiger partial charge in [0.2, 0.25) is 0 Å². The smallest absolute Gasteiger partial charge is 0.338 e. The Morgan fingerprint density at radius 2 is 1.20 bits per heavy atom. The highest BCUT2D eigenvalue weighted by Gasteiger charge is 2.55. The van der Waals surface area contributed by atoms with Crippen molar-refractivity contribution in [2.24, 2.45) is 0 Å². The Hall–Kier alpha value is -4.87. The van der Waals surface area contributed by atoms with E-state index >= 15 is 0 Å². The highest BCUT2D eigenvalue weighted by atomic mass is 16.8. The molecule has 1 N–H and O–H groups in total. The van der Waals surface area contributed by atoms with Crippen LogP contribution >= 0.6 is 0 Å². The summed E-state index contributed by atoms with van der Waals surface area (Å²) >= 11 is 0. The van der Waals surface area contributed by atoms with Crippen LogP contribution in [0.1, 0.15) is 50.0 Å². The fraction of sp³-hybridized carbons (Fsp3) is 0.392. The third-order valence-electron chi connectivity index (χ3n) is 11.6. The molecule has 0 amide bonds. The zero-order valence-corrected chi connectivity index (χ0v) is 36.2. The van der Waals surface area contributed by atoms with E-state index in [9.17, 15) is 9.90 Å². The molecule has 0 aliphatic carbocycles. The van der Waals surface area contributed by atoms with E-state index in [4.69, 9.17) is 52.1 Å². The summed E-state index contributed by atoms with van der Waals surface area (Å²) in [5, 5.41) is 12.3. The second-order valence-corrected chi connectivity index (χ2v) is 16.0. The van der Waals surface area contributed by atoms with Crippen LogP contribution in [0.15, 0.2) is 140 Å². The lowest BCUT2D eigenvalue weighted by Gasteiger charge is -2.50. The number of ether oxygens (including phenoxy) is 11. The minimum atomic E-state index is -1.20. The van der Waals surface area contributed by atoms with E-state index in [1.54, 1.807) is 13.2 Å². The van der Waals surface area contributed by atoms with E-state index < -0.39 is 73.7 Å². The largest absolute Gasteiger partial charge is 0.465 e. The number of hydrogen-bond acceptors (Lipinski definition) is 13. The number of rotatable bonds is 18. The number of aryl methyl sites for hydroxylation is 1. The summed E-state index contributed by atoms with van der Waals surface area (Å²) in [6.45, 7) is 2.70. The van der Waals surface area contributed by atoms with Crippen molar-refractivity contribution >= 4 is 5.97 Å². The van der Waals surface area contributed by atoms with Crippen molar-refractivity contribution in [2.45, 2.75) is 101 Å². The van der Waals surface area contributed by atoms with Gasteiger partial charge >= 0.3 is 5.97 Å². The number of carbonyl (C=O) groups is 1. The third kappa shape index (κ3) is 11.3. The molecule has 3 heterocycles. The molecule has 8 rings (SSSR count). The SMILES string of the molecule is COC(=O)c1cc(COC[C@H]2O[C@H](OC)[C@H](OCc3ccccc3)[C@@H](OCc3ccccc3)[C@@H]2O[C@@H]2O[C@@H]3CO[C@@H](c4ccccc4)O[C@H]3[C@H](O)[C@H]2OCc2ccccc2)ccc1C. The van der Waals surface area contributed by atoms with Gasteiger partial charge in [0, 0.05) is 12.7 Å². The number of methoxy groups -OCH3 is 2. The molecule has 64 heavy (non-hydrogen) atoms. The van der Waals surface area contributed by atoms with Gasteiger partial charge in [-0.2, -0.15) is 0 Å². The van der Waals surface area contributed by atoms with E-state index in [2.05, 4.69) is 0 Å². The van der Waals surface area contributed by atoms with Crippen LogP contribution < -0.4 is 0 Å². The number of carbonyl (C=O) groups excluding carboxylic acids is 1. The third-order valence-corrected chi connectivity index (χ3v) is 11.6. The van der Waals surface area contributed by atoms with E-state index in [0.717, 1.165) is 33.4 Å². The highest BCUT2D eigenvalue weighted by Crippen LogP contribution is 2.38. The van der Waals surface area contributed by atoms with Gasteiger partial charge in [0.15, 0.2) is 18.9 Å². The summed E-state index contributed by atoms with van der Waals surface area (Å²) in [5.74, 6) is -0.434. The first-order valence-corrected chi connectivity index (χ1v) is 21.6. The van der Waals surface area contributed by atoms with Gasteiger partial charge in [-0.25, -0.2) is 4.79 Å². The lowest BCUT2D eigenvalue weighted by Crippen LogP contribution is -2.66. The molecule has 0 aromatic heterocycles. The molecule has 3 saturated heterocycles. The van der Waals surface area contributed by atoms with Gasteiger partial charge < -0.3 is 57.2 Å². The Labute approximate surface area is 374 Å². The highest BCUT2D eigenvalue weighted by molar-refractivity contribution is 5.91. The van der Waals surface area contributed by atoms with E-state index in [0.29, 0.717) is 5.56 Å². The molecule has 5 aromatic carbocycles. The van der Waals surface area contributed by atoms with Gasteiger partial charge in [-0.05, 0) is 40.8 Å². The van der Waals surface area contributed by atoms with Crippen molar-refractivity contribution in [1.82, 2.24) is 0 Å². The van der Waals surface area contributed by atoms with Crippen LogP contribution in [-0.2, 0) is 78.5 Å². The first-order chi connectivity index (χ1) is 31.4. The first kappa shape index (κ1) is 45.7. The summed E-state index contributed by atoms with van der Waals surface area (Å²) in [5.41, 5.74) is 5.57. The molecule has 13 heteroatoms. The average molecular weight is 877 g/mol. The van der Waals surface area contributed by atoms with Gasteiger partial charge in [-0.3, -0.25) is 0 Å². The number of fused-ring (bicyclic) bond motifs is 1. The number of hydrogen-bond donors (Lipinski definition) is 1. The molecular weight excluding hydrogens is 821 g/mol. The van der Waals surface area contributed by atoms with Gasteiger partial charge in [0.1, 0.15) is 48.8 Å². The van der Waals surface area contributed by atoms with Crippen LogP contribution in [0.2, 0.25) is 0 Å². The predicted octanol–water partition coefficient (Wildman–Crippen LogP) is 7.01. The van der Waals surface area contributed by atoms with Crippen molar-refractivity contribution in [2.75, 3.05) is 27.4 Å². The minimum Gasteiger partial charge on any atom is -0.465 e. The monoisotopic (exact) mass is 876 g/mol. The van der Waals surface area contributed by atoms with Crippen LogP contribution in [0.4, 0.5) is 0 Å². The average Bonchev–Trinajstić information content (AvgIpc) is 3.34. The molecule has 0 radical (unpaired) electrons. The molecule has 0 spiro atoms. The summed E-state index contributed by atoms with van der Waals surface area (Å²) < 4.78 is 70.6. The quantitative estimate of drug-likeness (QED) is 0.0905. The molecule has 3 aliphatic rings. The second kappa shape index (κ2) is 22.4. The van der Waals surface area contributed by atoms with Crippen molar-refractivity contribution in [3.05, 3.63) is 178 Å². The lowest BCUT2D eigenvalue weighted by atomic mass is 9.95. The Morgan fingerprint density at radius 3 is 1.80 bits per heavy atom. The van der Waals surface area contributed by atoms with Gasteiger partial charge in [-0.15, -0.1) is 0 Å². The van der Waals surface area contributed by atoms with Gasteiger partial charge in [-0.1, -0.05) is 133 Å². The Balaban J connectivity index is 1.11. The molecule has 3 fully saturated rings. The molecule has 13 nitrogen and oxygen atoms in total. The van der Waals surface area contributed by atoms with Gasteiger partial charge in [0.25, 0.3) is 0 Å². The summed E-state index contributed by atoms with van der Waals surface area (Å²) in [4.78, 5) is 12.5. The van der Waals surface area contributed by atoms with Gasteiger partial charge in [0.05, 0.1) is 52.3 Å². The maximum Gasteiger partial charge on any atom is 0.338 e. The van der Waals surface area contributed by atoms with Crippen molar-refractivity contribution < 1.29 is 62.0 Å². The van der Waals surface area contributed by atoms with Crippen LogP contribution in [0, 0.1) is 6.92 Å². The zero-order valence-electron chi connectivity index (χ0n) is 36.2. The summed E-state index contributed by atoms with van der Waals surface area (Å²) in [7, 11) is 2.91. The minimum absolute atomic E-state index is 0.00437. The van der Waals surface area contributed by atoms with Crippen LogP contribution in [0.25, 0.3) is 0 Å². The standard InChI is InChI=1S/C51H56O13/c1-33-24-25-37(26-39(33)48(53)54-2)27-56-31-40-44(46(58-29-35-18-10-5-11-19-35)47(50(55-3)61-40)59-30-36-20-12-6-13-21-36)64-51-45(57-28-34-16-8-4-9-17-34)42(52)43-41(62-51)32-60-49(63-43)38-22-14-7-15-23-38/h4-26,40-47,49-52H,27-32H2,1-3H3/t40-,41-,42+,43-,44-,45-,46+,47-,49-,50+,51+/m1/s1. The zero-order chi connectivity index (χ0) is 44.3. The van der Waals surface area contributed by atoms with E-state index in [1.165, 1.54) is 7.11 Å². The predicted molar refractivity (Wildman–Crippen MR) is 232 cm³/mol. The number of benzene rings is 5. The summed E-state index contributed by atoms with van der Waals surface area (Å²) in [6.07, 6.45) is -10.0. The molecule has 0 saturated carbocycles. The van der Waals surface area contributed by atoms with Crippen molar-refractivity contribution in [3.63, 3.8) is 0 Å². The Morgan fingerprint density at radius 1 is 0.625 bits per heavy atom. The van der Waals surface area contributed by atoms with Crippen molar-refractivity contribution in [1.29, 1.82) is 0 Å². The maximum atomic E-state index is 12.5. The normalized spacial score (nSPS) is 28.0. The number of aliphatic hydroxyl groups is 1. The van der Waals surface area contributed by atoms with E-state index in [1.807, 2.05) is 140 Å². The van der Waals surface area contributed by atoms with E-state index in [-0.39, 0.29) is 39.6 Å². The Kier molecular flexibility index (Phi) is 16.0. The van der Waals surface area contributed by atoms with Crippen LogP contribution in [0.5, 0.6) is 0 Å². The lowest BCUT2D eigenvalue weighted by molar-refractivity contribution is -0.393. The van der Waals surface area contributed by atoms with Crippen LogP contribution in [-0.4, -0.2) is 99.9 Å². The second-order valence-electron chi connectivity index (χ2n) is 16.0. The molecule has 5 aromatic rings. The molecule has 0 unspecified atom stereocenters. The fourth-order valence-corrected chi connectivity index (χ4v) is 8.20. The number of aliphatic hydroxyl groups excluding tert-OH is 1. The number of esters is 1.